The number of aliphatic carboxylic acids is 1. The highest BCUT2D eigenvalue weighted by Gasteiger charge is 2.42. The van der Waals surface area contributed by atoms with E-state index in [2.05, 4.69) is 16.0 Å². The largest absolute Gasteiger partial charge is 0.480 e. The van der Waals surface area contributed by atoms with Gasteiger partial charge < -0.3 is 38.3 Å². The van der Waals surface area contributed by atoms with Gasteiger partial charge in [-0.05, 0) is 75.0 Å². The van der Waals surface area contributed by atoms with Gasteiger partial charge in [-0.3, -0.25) is 24.0 Å². The number of nitrogens with one attached hydrogen (secondary N) is 3. The summed E-state index contributed by atoms with van der Waals surface area (Å²) >= 11 is 0. The molecular formula is C36H52N6O6. The third kappa shape index (κ3) is 11.5. The van der Waals surface area contributed by atoms with Crippen molar-refractivity contribution in [1.82, 2.24) is 16.0 Å². The summed E-state index contributed by atoms with van der Waals surface area (Å²) in [6.45, 7) is 4.15. The summed E-state index contributed by atoms with van der Waals surface area (Å²) in [4.78, 5) is 66.0. The van der Waals surface area contributed by atoms with Gasteiger partial charge in [-0.2, -0.15) is 0 Å². The van der Waals surface area contributed by atoms with Gasteiger partial charge >= 0.3 is 5.97 Å². The second-order valence-corrected chi connectivity index (χ2v) is 13.4. The third-order valence-electron chi connectivity index (χ3n) is 8.95. The highest BCUT2D eigenvalue weighted by molar-refractivity contribution is 5.96. The van der Waals surface area contributed by atoms with E-state index in [1.165, 1.54) is 0 Å². The fraction of sp³-hybridized carbons (Fsp3) is 0.528. The Hall–Kier alpha value is -4.13. The van der Waals surface area contributed by atoms with Crippen molar-refractivity contribution in [3.05, 3.63) is 71.8 Å². The lowest BCUT2D eigenvalue weighted by Gasteiger charge is -2.34. The Morgan fingerprint density at radius 3 is 1.81 bits per heavy atom. The summed E-state index contributed by atoms with van der Waals surface area (Å²) in [5.74, 6) is -3.30. The van der Waals surface area contributed by atoms with E-state index in [1.807, 2.05) is 74.5 Å². The molecule has 0 heterocycles. The molecule has 3 rings (SSSR count). The van der Waals surface area contributed by atoms with Crippen molar-refractivity contribution in [3.63, 3.8) is 0 Å². The van der Waals surface area contributed by atoms with Crippen molar-refractivity contribution in [2.45, 2.75) is 101 Å². The number of hydrogen-bond donors (Lipinski definition) is 7. The van der Waals surface area contributed by atoms with E-state index in [0.717, 1.165) is 11.1 Å². The lowest BCUT2D eigenvalue weighted by molar-refractivity contribution is -0.146. The number of benzene rings is 2. The average molecular weight is 665 g/mol. The van der Waals surface area contributed by atoms with Crippen molar-refractivity contribution < 1.29 is 29.1 Å². The van der Waals surface area contributed by atoms with Gasteiger partial charge in [0.25, 0.3) is 0 Å². The van der Waals surface area contributed by atoms with Crippen LogP contribution < -0.4 is 33.2 Å². The van der Waals surface area contributed by atoms with Crippen LogP contribution in [0.3, 0.4) is 0 Å². The summed E-state index contributed by atoms with van der Waals surface area (Å²) in [6, 6.07) is 14.8. The average Bonchev–Trinajstić information content (AvgIpc) is 3.06. The molecule has 12 nitrogen and oxygen atoms in total. The number of ketones is 1. The molecule has 1 aliphatic carbocycles. The summed E-state index contributed by atoms with van der Waals surface area (Å²) in [6.07, 6.45) is 2.45. The zero-order valence-corrected chi connectivity index (χ0v) is 28.0. The maximum atomic E-state index is 13.8. The van der Waals surface area contributed by atoms with Crippen molar-refractivity contribution in [2.24, 2.45) is 29.0 Å². The highest BCUT2D eigenvalue weighted by Crippen LogP contribution is 2.32. The molecule has 262 valence electrons. The van der Waals surface area contributed by atoms with Gasteiger partial charge in [0.1, 0.15) is 17.6 Å². The second-order valence-electron chi connectivity index (χ2n) is 13.4. The molecule has 2 aromatic rings. The molecule has 0 spiro atoms. The fourth-order valence-corrected chi connectivity index (χ4v) is 6.07. The molecule has 12 heteroatoms. The smallest absolute Gasteiger partial charge is 0.323 e. The van der Waals surface area contributed by atoms with E-state index in [-0.39, 0.29) is 43.8 Å². The predicted octanol–water partition coefficient (Wildman–Crippen LogP) is 1.58. The van der Waals surface area contributed by atoms with Gasteiger partial charge in [0, 0.05) is 12.3 Å². The van der Waals surface area contributed by atoms with E-state index >= 15 is 0 Å². The van der Waals surface area contributed by atoms with Gasteiger partial charge in [-0.25, -0.2) is 0 Å². The number of carbonyl (C=O) groups excluding carboxylic acids is 4. The van der Waals surface area contributed by atoms with Crippen LogP contribution in [0.25, 0.3) is 0 Å². The van der Waals surface area contributed by atoms with Gasteiger partial charge in [0.15, 0.2) is 5.78 Å². The van der Waals surface area contributed by atoms with E-state index in [0.29, 0.717) is 32.2 Å². The first-order valence-corrected chi connectivity index (χ1v) is 16.8. The van der Waals surface area contributed by atoms with Crippen molar-refractivity contribution in [1.29, 1.82) is 0 Å². The Kier molecular flexibility index (Phi) is 14.7. The number of carboxylic acids is 1. The zero-order chi connectivity index (χ0) is 35.3. The van der Waals surface area contributed by atoms with Gasteiger partial charge in [0.2, 0.25) is 17.7 Å². The Bertz CT molecular complexity index is 1360. The summed E-state index contributed by atoms with van der Waals surface area (Å²) in [5, 5.41) is 18.0. The van der Waals surface area contributed by atoms with Gasteiger partial charge in [0.05, 0.1) is 12.1 Å². The van der Waals surface area contributed by atoms with Crippen LogP contribution in [-0.2, 0) is 36.8 Å². The number of rotatable bonds is 18. The standard InChI is InChI=1S/C36H52N6O6/c1-23(2)20-29(33(45)40-28(14-9-19-37)31(43)26-15-17-36(39,18-16-26)35(47)48)42-34(46)30(22-25-12-7-4-8-13-25)41-32(44)27(38)21-24-10-5-3-6-11-24/h3-8,10-13,23,26-30H,9,14-22,37-39H2,1-2H3,(H,40,45)(H,41,44)(H,42,46)(H,47,48)/t26?,27-,28-,29-,30-,36?/m1/s1. The quantitative estimate of drug-likeness (QED) is 0.123. The summed E-state index contributed by atoms with van der Waals surface area (Å²) in [7, 11) is 0. The topological polar surface area (TPSA) is 220 Å². The van der Waals surface area contributed by atoms with Gasteiger partial charge in [-0.15, -0.1) is 0 Å². The maximum absolute atomic E-state index is 13.8. The monoisotopic (exact) mass is 664 g/mol. The molecule has 4 atom stereocenters. The lowest BCUT2D eigenvalue weighted by Crippen LogP contribution is -2.58. The number of amides is 3. The molecule has 0 aliphatic heterocycles. The van der Waals surface area contributed by atoms with E-state index in [9.17, 15) is 29.1 Å². The fourth-order valence-electron chi connectivity index (χ4n) is 6.07. The van der Waals surface area contributed by atoms with Crippen LogP contribution in [0.4, 0.5) is 0 Å². The number of nitrogens with two attached hydrogens (primary N) is 3. The Morgan fingerprint density at radius 2 is 1.29 bits per heavy atom. The van der Waals surface area contributed by atoms with Crippen LogP contribution in [0.1, 0.15) is 69.9 Å². The first kappa shape index (κ1) is 38.3. The minimum atomic E-state index is -1.36. The molecular weight excluding hydrogens is 612 g/mol. The van der Waals surface area contributed by atoms with Crippen molar-refractivity contribution >= 4 is 29.5 Å². The summed E-state index contributed by atoms with van der Waals surface area (Å²) < 4.78 is 0. The first-order valence-electron chi connectivity index (χ1n) is 16.8. The van der Waals surface area contributed by atoms with Crippen molar-refractivity contribution in [2.75, 3.05) is 6.54 Å². The van der Waals surface area contributed by atoms with Crippen LogP contribution in [0.15, 0.2) is 60.7 Å². The Balaban J connectivity index is 1.76. The second kappa shape index (κ2) is 18.4. The molecule has 0 bridgehead atoms. The Morgan fingerprint density at radius 1 is 0.792 bits per heavy atom. The highest BCUT2D eigenvalue weighted by atomic mass is 16.4. The molecule has 0 unspecified atom stereocenters. The van der Waals surface area contributed by atoms with E-state index < -0.39 is 59.3 Å². The molecule has 3 amide bonds. The summed E-state index contributed by atoms with van der Waals surface area (Å²) in [5.41, 5.74) is 18.3. The SMILES string of the molecule is CC(C)C[C@@H](NC(=O)[C@@H](Cc1ccccc1)NC(=O)[C@H](N)Cc1ccccc1)C(=O)N[C@H](CCCN)C(=O)C1CCC(N)(C(=O)O)CC1. The minimum absolute atomic E-state index is 0.00717. The molecule has 0 aromatic heterocycles. The van der Waals surface area contributed by atoms with Crippen LogP contribution >= 0.6 is 0 Å². The number of hydrogen-bond acceptors (Lipinski definition) is 8. The van der Waals surface area contributed by atoms with Crippen LogP contribution in [0, 0.1) is 11.8 Å². The van der Waals surface area contributed by atoms with E-state index in [4.69, 9.17) is 17.2 Å². The molecule has 1 aliphatic rings. The lowest BCUT2D eigenvalue weighted by atomic mass is 9.74. The minimum Gasteiger partial charge on any atom is -0.480 e. The maximum Gasteiger partial charge on any atom is 0.323 e. The molecule has 0 saturated heterocycles. The molecule has 10 N–H and O–H groups in total. The first-order chi connectivity index (χ1) is 22.8. The molecule has 2 aromatic carbocycles. The molecule has 0 radical (unpaired) electrons. The van der Waals surface area contributed by atoms with Crippen molar-refractivity contribution in [3.8, 4) is 0 Å². The predicted molar refractivity (Wildman–Crippen MR) is 183 cm³/mol. The molecule has 1 fully saturated rings. The van der Waals surface area contributed by atoms with Crippen LogP contribution in [0.2, 0.25) is 0 Å². The molecule has 48 heavy (non-hydrogen) atoms. The number of carboxylic acid groups (broad SMARTS) is 1. The Labute approximate surface area is 283 Å². The van der Waals surface area contributed by atoms with Gasteiger partial charge in [-0.1, -0.05) is 74.5 Å². The van der Waals surface area contributed by atoms with Crippen LogP contribution in [-0.4, -0.2) is 70.8 Å². The number of Topliss-reactive ketones (excluding diaryl/α,β-unsaturated/α-hetero) is 1. The number of carbonyl (C=O) groups is 5. The van der Waals surface area contributed by atoms with Crippen LogP contribution in [0.5, 0.6) is 0 Å². The third-order valence-corrected chi connectivity index (χ3v) is 8.95. The normalized spacial score (nSPS) is 20.2. The van der Waals surface area contributed by atoms with E-state index in [1.54, 1.807) is 0 Å². The zero-order valence-electron chi connectivity index (χ0n) is 28.0. The molecule has 1 saturated carbocycles.